The average Bonchev–Trinajstić information content (AvgIpc) is 3.04. The second-order valence-electron chi connectivity index (χ2n) is 9.57. The Morgan fingerprint density at radius 2 is 1.84 bits per heavy atom. The van der Waals surface area contributed by atoms with Crippen LogP contribution in [0.4, 0.5) is 8.78 Å². The molecule has 2 aromatic carbocycles. The SMILES string of the molecule is CC1(C)Oc2cc(OC(F)F)ccc2-c2c1c(C(=O)NN1CCCCCC1)nn2-c1ccc(Cl)cc1Cl. The molecule has 37 heavy (non-hydrogen) atoms. The number of hydrogen-bond acceptors (Lipinski definition) is 5. The van der Waals surface area contributed by atoms with Crippen LogP contribution in [0.3, 0.4) is 0 Å². The van der Waals surface area contributed by atoms with Crippen LogP contribution in [0, 0.1) is 0 Å². The van der Waals surface area contributed by atoms with Gasteiger partial charge >= 0.3 is 6.61 Å². The zero-order valence-corrected chi connectivity index (χ0v) is 21.9. The van der Waals surface area contributed by atoms with Gasteiger partial charge in [0.05, 0.1) is 22.0 Å². The van der Waals surface area contributed by atoms with Crippen LogP contribution in [-0.4, -0.2) is 40.4 Å². The number of ether oxygens (including phenoxy) is 2. The molecule has 5 rings (SSSR count). The van der Waals surface area contributed by atoms with Gasteiger partial charge in [-0.15, -0.1) is 0 Å². The summed E-state index contributed by atoms with van der Waals surface area (Å²) in [5.74, 6) is -0.0798. The van der Waals surface area contributed by atoms with Gasteiger partial charge in [0.15, 0.2) is 5.69 Å². The lowest BCUT2D eigenvalue weighted by molar-refractivity contribution is -0.0500. The fraction of sp³-hybridized carbons (Fsp3) is 0.385. The first-order valence-electron chi connectivity index (χ1n) is 12.1. The van der Waals surface area contributed by atoms with Gasteiger partial charge in [0.25, 0.3) is 5.91 Å². The molecule has 11 heteroatoms. The summed E-state index contributed by atoms with van der Waals surface area (Å²) < 4.78 is 38.1. The number of halogens is 4. The third-order valence-corrected chi connectivity index (χ3v) is 7.04. The van der Waals surface area contributed by atoms with Gasteiger partial charge in [-0.1, -0.05) is 36.0 Å². The number of rotatable bonds is 5. The zero-order chi connectivity index (χ0) is 26.3. The molecule has 0 spiro atoms. The minimum absolute atomic E-state index is 0.0391. The summed E-state index contributed by atoms with van der Waals surface area (Å²) in [6.07, 6.45) is 4.25. The van der Waals surface area contributed by atoms with Crippen LogP contribution in [0.2, 0.25) is 10.0 Å². The minimum Gasteiger partial charge on any atom is -0.482 e. The van der Waals surface area contributed by atoms with E-state index in [0.717, 1.165) is 38.8 Å². The van der Waals surface area contributed by atoms with E-state index in [1.807, 2.05) is 5.01 Å². The van der Waals surface area contributed by atoms with Crippen LogP contribution in [0.1, 0.15) is 55.6 Å². The number of amides is 1. The van der Waals surface area contributed by atoms with Crippen molar-refractivity contribution in [3.8, 4) is 28.4 Å². The predicted octanol–water partition coefficient (Wildman–Crippen LogP) is 6.60. The predicted molar refractivity (Wildman–Crippen MR) is 137 cm³/mol. The van der Waals surface area contributed by atoms with Gasteiger partial charge < -0.3 is 9.47 Å². The van der Waals surface area contributed by atoms with Crippen molar-refractivity contribution in [2.75, 3.05) is 13.1 Å². The molecule has 0 atom stereocenters. The Hall–Kier alpha value is -2.88. The second-order valence-corrected chi connectivity index (χ2v) is 10.4. The van der Waals surface area contributed by atoms with Gasteiger partial charge in [0.1, 0.15) is 17.1 Å². The molecule has 0 aliphatic carbocycles. The number of aromatic nitrogens is 2. The smallest absolute Gasteiger partial charge is 0.387 e. The second kappa shape index (κ2) is 10.1. The van der Waals surface area contributed by atoms with Gasteiger partial charge in [-0.05, 0) is 57.0 Å². The molecule has 1 saturated heterocycles. The summed E-state index contributed by atoms with van der Waals surface area (Å²) in [7, 11) is 0. The third kappa shape index (κ3) is 5.12. The summed E-state index contributed by atoms with van der Waals surface area (Å²) in [5, 5.41) is 7.44. The molecule has 0 bridgehead atoms. The molecule has 1 fully saturated rings. The Balaban J connectivity index is 1.67. The Morgan fingerprint density at radius 3 is 2.51 bits per heavy atom. The van der Waals surface area contributed by atoms with Crippen LogP contribution < -0.4 is 14.9 Å². The molecule has 0 saturated carbocycles. The summed E-state index contributed by atoms with van der Waals surface area (Å²) in [6.45, 7) is 2.14. The minimum atomic E-state index is -2.97. The highest BCUT2D eigenvalue weighted by Crippen LogP contribution is 2.49. The lowest BCUT2D eigenvalue weighted by Crippen LogP contribution is -2.44. The van der Waals surface area contributed by atoms with Crippen LogP contribution in [-0.2, 0) is 5.60 Å². The molecule has 2 aliphatic rings. The van der Waals surface area contributed by atoms with Crippen LogP contribution in [0.15, 0.2) is 36.4 Å². The molecule has 3 heterocycles. The highest BCUT2D eigenvalue weighted by Gasteiger charge is 2.42. The number of hydrazine groups is 1. The first-order valence-corrected chi connectivity index (χ1v) is 12.8. The number of benzene rings is 2. The Bertz CT molecular complexity index is 1340. The molecular formula is C26H26Cl2F2N4O3. The summed E-state index contributed by atoms with van der Waals surface area (Å²) in [6, 6.07) is 9.43. The van der Waals surface area contributed by atoms with Crippen molar-refractivity contribution in [3.05, 3.63) is 57.7 Å². The fourth-order valence-corrected chi connectivity index (χ4v) is 5.38. The van der Waals surface area contributed by atoms with E-state index in [9.17, 15) is 13.6 Å². The van der Waals surface area contributed by atoms with E-state index in [2.05, 4.69) is 10.2 Å². The fourth-order valence-electron chi connectivity index (χ4n) is 4.89. The van der Waals surface area contributed by atoms with Crippen molar-refractivity contribution in [1.82, 2.24) is 20.2 Å². The lowest BCUT2D eigenvalue weighted by atomic mass is 9.88. The van der Waals surface area contributed by atoms with Crippen molar-refractivity contribution in [1.29, 1.82) is 0 Å². The van der Waals surface area contributed by atoms with Crippen molar-refractivity contribution < 1.29 is 23.0 Å². The monoisotopic (exact) mass is 550 g/mol. The van der Waals surface area contributed by atoms with Gasteiger partial charge in [0.2, 0.25) is 0 Å². The third-order valence-electron chi connectivity index (χ3n) is 6.50. The molecule has 1 amide bonds. The lowest BCUT2D eigenvalue weighted by Gasteiger charge is -2.34. The van der Waals surface area contributed by atoms with Crippen LogP contribution in [0.5, 0.6) is 11.5 Å². The number of nitrogens with zero attached hydrogens (tertiary/aromatic N) is 3. The zero-order valence-electron chi connectivity index (χ0n) is 20.4. The number of fused-ring (bicyclic) bond motifs is 3. The topological polar surface area (TPSA) is 68.6 Å². The largest absolute Gasteiger partial charge is 0.482 e. The highest BCUT2D eigenvalue weighted by molar-refractivity contribution is 6.35. The van der Waals surface area contributed by atoms with Crippen molar-refractivity contribution in [2.45, 2.75) is 51.7 Å². The average molecular weight is 551 g/mol. The van der Waals surface area contributed by atoms with Crippen LogP contribution in [0.25, 0.3) is 16.9 Å². The van der Waals surface area contributed by atoms with Crippen LogP contribution >= 0.6 is 23.2 Å². The molecule has 2 aliphatic heterocycles. The van der Waals surface area contributed by atoms with Crippen molar-refractivity contribution in [2.24, 2.45) is 0 Å². The molecule has 3 aromatic rings. The van der Waals surface area contributed by atoms with E-state index in [-0.39, 0.29) is 17.4 Å². The molecule has 0 unspecified atom stereocenters. The number of alkyl halides is 2. The Labute approximate surface area is 223 Å². The maximum atomic E-state index is 13.6. The standard InChI is InChI=1S/C26H26Cl2F2N4O3/c1-26(2)21-22(24(35)32-33-11-5-3-4-6-12-33)31-34(19-10-7-15(27)13-18(19)28)23(21)17-9-8-16(36-25(29)30)14-20(17)37-26/h7-10,13-14,25H,3-6,11-12H2,1-2H3,(H,32,35). The molecule has 1 aromatic heterocycles. The van der Waals surface area contributed by atoms with E-state index in [1.54, 1.807) is 42.8 Å². The first-order chi connectivity index (χ1) is 17.6. The Kier molecular flexibility index (Phi) is 7.04. The molecule has 7 nitrogen and oxygen atoms in total. The molecular weight excluding hydrogens is 525 g/mol. The van der Waals surface area contributed by atoms with Gasteiger partial charge in [0, 0.05) is 29.7 Å². The van der Waals surface area contributed by atoms with Gasteiger partial charge in [-0.3, -0.25) is 10.2 Å². The number of carbonyl (C=O) groups is 1. The van der Waals surface area contributed by atoms with Crippen molar-refractivity contribution in [3.63, 3.8) is 0 Å². The molecule has 196 valence electrons. The number of nitrogens with one attached hydrogen (secondary N) is 1. The summed E-state index contributed by atoms with van der Waals surface area (Å²) in [5.41, 5.74) is 4.36. The van der Waals surface area contributed by atoms with Gasteiger partial charge in [-0.2, -0.15) is 13.9 Å². The first kappa shape index (κ1) is 25.8. The molecule has 1 N–H and O–H groups in total. The summed E-state index contributed by atoms with van der Waals surface area (Å²) >= 11 is 12.7. The van der Waals surface area contributed by atoms with E-state index in [0.29, 0.717) is 38.3 Å². The number of hydrogen-bond donors (Lipinski definition) is 1. The number of carbonyl (C=O) groups excluding carboxylic acids is 1. The normalized spacial score (nSPS) is 16.9. The van der Waals surface area contributed by atoms with E-state index < -0.39 is 12.2 Å². The van der Waals surface area contributed by atoms with E-state index >= 15 is 0 Å². The molecule has 0 radical (unpaired) electrons. The highest BCUT2D eigenvalue weighted by atomic mass is 35.5. The van der Waals surface area contributed by atoms with E-state index in [1.165, 1.54) is 12.1 Å². The quantitative estimate of drug-likeness (QED) is 0.387. The summed E-state index contributed by atoms with van der Waals surface area (Å²) in [4.78, 5) is 13.6. The van der Waals surface area contributed by atoms with Crippen molar-refractivity contribution >= 4 is 29.1 Å². The maximum absolute atomic E-state index is 13.6. The Morgan fingerprint density at radius 1 is 1.11 bits per heavy atom. The van der Waals surface area contributed by atoms with E-state index in [4.69, 9.17) is 33.0 Å². The maximum Gasteiger partial charge on any atom is 0.387 e. The van der Waals surface area contributed by atoms with Gasteiger partial charge in [-0.25, -0.2) is 9.69 Å².